The Morgan fingerprint density at radius 2 is 2.00 bits per heavy atom. The van der Waals surface area contributed by atoms with E-state index < -0.39 is 0 Å². The lowest BCUT2D eigenvalue weighted by Gasteiger charge is -2.35. The summed E-state index contributed by atoms with van der Waals surface area (Å²) in [6, 6.07) is 0.314. The highest BCUT2D eigenvalue weighted by Gasteiger charge is 2.23. The lowest BCUT2D eigenvalue weighted by molar-refractivity contribution is -0.131. The van der Waals surface area contributed by atoms with E-state index in [0.29, 0.717) is 12.0 Å². The molecule has 1 aliphatic heterocycles. The van der Waals surface area contributed by atoms with Crippen LogP contribution < -0.4 is 5.73 Å². The van der Waals surface area contributed by atoms with E-state index in [4.69, 9.17) is 5.73 Å². The number of hydrogen-bond donors (Lipinski definition) is 1. The lowest BCUT2D eigenvalue weighted by Crippen LogP contribution is -2.43. The van der Waals surface area contributed by atoms with E-state index in [-0.39, 0.29) is 5.91 Å². The minimum atomic E-state index is 0.199. The summed E-state index contributed by atoms with van der Waals surface area (Å²) in [5, 5.41) is 0. The molecule has 0 aliphatic carbocycles. The van der Waals surface area contributed by atoms with Crippen LogP contribution in [0.15, 0.2) is 0 Å². The molecular weight excluding hydrogens is 214 g/mol. The molecule has 1 saturated heterocycles. The number of nitrogens with zero attached hydrogens (tertiary/aromatic N) is 2. The maximum Gasteiger partial charge on any atom is 0.219 e. The van der Waals surface area contributed by atoms with Crippen LogP contribution in [0.4, 0.5) is 0 Å². The Labute approximate surface area is 105 Å². The highest BCUT2D eigenvalue weighted by molar-refractivity contribution is 5.73. The summed E-state index contributed by atoms with van der Waals surface area (Å²) in [4.78, 5) is 15.9. The molecule has 4 nitrogen and oxygen atoms in total. The number of rotatable bonds is 5. The van der Waals surface area contributed by atoms with Gasteiger partial charge in [-0.1, -0.05) is 0 Å². The summed E-state index contributed by atoms with van der Waals surface area (Å²) in [6.07, 6.45) is 2.38. The summed E-state index contributed by atoms with van der Waals surface area (Å²) < 4.78 is 0. The van der Waals surface area contributed by atoms with Gasteiger partial charge in [0, 0.05) is 32.6 Å². The van der Waals surface area contributed by atoms with Crippen molar-refractivity contribution in [2.45, 2.75) is 39.7 Å². The van der Waals surface area contributed by atoms with Crippen LogP contribution in [-0.2, 0) is 4.79 Å². The molecule has 17 heavy (non-hydrogen) atoms. The zero-order valence-corrected chi connectivity index (χ0v) is 11.5. The van der Waals surface area contributed by atoms with Gasteiger partial charge in [0.05, 0.1) is 0 Å². The molecule has 1 rings (SSSR count). The first-order valence-electron chi connectivity index (χ1n) is 6.74. The van der Waals surface area contributed by atoms with Crippen LogP contribution in [0.1, 0.15) is 33.6 Å². The third-order valence-corrected chi connectivity index (χ3v) is 3.64. The van der Waals surface area contributed by atoms with E-state index in [1.807, 2.05) is 4.90 Å². The molecule has 0 radical (unpaired) electrons. The first-order chi connectivity index (χ1) is 8.04. The average molecular weight is 241 g/mol. The van der Waals surface area contributed by atoms with E-state index in [1.165, 1.54) is 12.8 Å². The van der Waals surface area contributed by atoms with Crippen molar-refractivity contribution in [2.24, 2.45) is 11.7 Å². The minimum absolute atomic E-state index is 0.199. The Morgan fingerprint density at radius 3 is 2.41 bits per heavy atom. The molecule has 1 amide bonds. The molecule has 2 N–H and O–H groups in total. The fourth-order valence-electron chi connectivity index (χ4n) is 2.56. The van der Waals surface area contributed by atoms with Gasteiger partial charge in [-0.05, 0) is 45.7 Å². The van der Waals surface area contributed by atoms with Crippen molar-refractivity contribution >= 4 is 5.91 Å². The number of nitrogens with two attached hydrogens (primary N) is 1. The zero-order valence-electron chi connectivity index (χ0n) is 11.5. The Bertz CT molecular complexity index is 235. The second-order valence-electron chi connectivity index (χ2n) is 5.34. The highest BCUT2D eigenvalue weighted by Crippen LogP contribution is 2.19. The molecule has 0 aromatic carbocycles. The molecule has 0 aromatic heterocycles. The summed E-state index contributed by atoms with van der Waals surface area (Å²) in [5.74, 6) is 0.861. The first-order valence-corrected chi connectivity index (χ1v) is 6.74. The van der Waals surface area contributed by atoms with Crippen LogP contribution in [0.3, 0.4) is 0 Å². The lowest BCUT2D eigenvalue weighted by atomic mass is 9.95. The molecule has 0 atom stereocenters. The van der Waals surface area contributed by atoms with Crippen LogP contribution in [0.2, 0.25) is 0 Å². The number of amides is 1. The van der Waals surface area contributed by atoms with Crippen molar-refractivity contribution in [2.75, 3.05) is 32.7 Å². The van der Waals surface area contributed by atoms with Gasteiger partial charge in [0.2, 0.25) is 5.91 Å². The molecule has 100 valence electrons. The Kier molecular flexibility index (Phi) is 5.92. The molecule has 1 fully saturated rings. The highest BCUT2D eigenvalue weighted by atomic mass is 16.2. The van der Waals surface area contributed by atoms with Crippen molar-refractivity contribution in [3.8, 4) is 0 Å². The van der Waals surface area contributed by atoms with E-state index >= 15 is 0 Å². The molecule has 0 aromatic rings. The van der Waals surface area contributed by atoms with E-state index in [2.05, 4.69) is 18.7 Å². The maximum atomic E-state index is 11.5. The summed E-state index contributed by atoms with van der Waals surface area (Å²) in [7, 11) is 0. The normalized spacial score (nSPS) is 18.6. The molecule has 1 heterocycles. The maximum absolute atomic E-state index is 11.5. The van der Waals surface area contributed by atoms with E-state index in [9.17, 15) is 4.79 Å². The quantitative estimate of drug-likeness (QED) is 0.778. The van der Waals surface area contributed by atoms with Gasteiger partial charge in [-0.25, -0.2) is 0 Å². The average Bonchev–Trinajstić information content (AvgIpc) is 2.27. The van der Waals surface area contributed by atoms with Crippen molar-refractivity contribution in [3.63, 3.8) is 0 Å². The second-order valence-corrected chi connectivity index (χ2v) is 5.34. The van der Waals surface area contributed by atoms with Gasteiger partial charge >= 0.3 is 0 Å². The second kappa shape index (κ2) is 6.97. The standard InChI is InChI=1S/C13H27N3O/c1-11(2)16(12(3)17)10-13-4-7-15(8-5-13)9-6-14/h11,13H,4-10,14H2,1-3H3. The van der Waals surface area contributed by atoms with Crippen LogP contribution in [0.5, 0.6) is 0 Å². The monoisotopic (exact) mass is 241 g/mol. The van der Waals surface area contributed by atoms with Crippen LogP contribution in [-0.4, -0.2) is 54.5 Å². The predicted octanol–water partition coefficient (Wildman–Crippen LogP) is 0.914. The Morgan fingerprint density at radius 1 is 1.41 bits per heavy atom. The van der Waals surface area contributed by atoms with Crippen molar-refractivity contribution in [3.05, 3.63) is 0 Å². The molecule has 1 aliphatic rings. The number of carbonyl (C=O) groups excluding carboxylic acids is 1. The third kappa shape index (κ3) is 4.64. The summed E-state index contributed by atoms with van der Waals surface area (Å²) in [6.45, 7) is 10.8. The third-order valence-electron chi connectivity index (χ3n) is 3.64. The van der Waals surface area contributed by atoms with Crippen LogP contribution in [0.25, 0.3) is 0 Å². The van der Waals surface area contributed by atoms with Gasteiger partial charge in [-0.3, -0.25) is 4.79 Å². The van der Waals surface area contributed by atoms with Crippen molar-refractivity contribution in [1.82, 2.24) is 9.80 Å². The van der Waals surface area contributed by atoms with Gasteiger partial charge in [0.25, 0.3) is 0 Å². The topological polar surface area (TPSA) is 49.6 Å². The van der Waals surface area contributed by atoms with Crippen LogP contribution >= 0.6 is 0 Å². The van der Waals surface area contributed by atoms with E-state index in [0.717, 1.165) is 32.7 Å². The van der Waals surface area contributed by atoms with Crippen molar-refractivity contribution < 1.29 is 4.79 Å². The van der Waals surface area contributed by atoms with Gasteiger partial charge in [-0.2, -0.15) is 0 Å². The van der Waals surface area contributed by atoms with Gasteiger partial charge in [-0.15, -0.1) is 0 Å². The van der Waals surface area contributed by atoms with Gasteiger partial charge < -0.3 is 15.5 Å². The zero-order chi connectivity index (χ0) is 12.8. The van der Waals surface area contributed by atoms with Crippen molar-refractivity contribution in [1.29, 1.82) is 0 Å². The number of hydrogen-bond acceptors (Lipinski definition) is 3. The fourth-order valence-corrected chi connectivity index (χ4v) is 2.56. The number of likely N-dealkylation sites (tertiary alicyclic amines) is 1. The first kappa shape index (κ1) is 14.5. The minimum Gasteiger partial charge on any atom is -0.340 e. The number of carbonyl (C=O) groups is 1. The number of piperidine rings is 1. The molecule has 0 unspecified atom stereocenters. The predicted molar refractivity (Wildman–Crippen MR) is 70.7 cm³/mol. The Hall–Kier alpha value is -0.610. The smallest absolute Gasteiger partial charge is 0.219 e. The molecule has 4 heteroatoms. The van der Waals surface area contributed by atoms with E-state index in [1.54, 1.807) is 6.92 Å². The fraction of sp³-hybridized carbons (Fsp3) is 0.923. The molecule has 0 bridgehead atoms. The van der Waals surface area contributed by atoms with Gasteiger partial charge in [0.1, 0.15) is 0 Å². The Balaban J connectivity index is 2.36. The van der Waals surface area contributed by atoms with Gasteiger partial charge in [0.15, 0.2) is 0 Å². The molecule has 0 spiro atoms. The SMILES string of the molecule is CC(=O)N(CC1CCN(CCN)CC1)C(C)C. The summed E-state index contributed by atoms with van der Waals surface area (Å²) >= 11 is 0. The molecular formula is C13H27N3O. The molecule has 0 saturated carbocycles. The largest absolute Gasteiger partial charge is 0.340 e. The summed E-state index contributed by atoms with van der Waals surface area (Å²) in [5.41, 5.74) is 5.56. The van der Waals surface area contributed by atoms with Crippen LogP contribution in [0, 0.1) is 5.92 Å².